The molecule has 7 heteroatoms. The molecule has 1 aliphatic heterocycles. The molecule has 1 N–H and O–H groups in total. The van der Waals surface area contributed by atoms with Crippen LogP contribution in [0.4, 0.5) is 0 Å². The molecule has 0 aliphatic carbocycles. The Kier molecular flexibility index (Phi) is 6.00. The van der Waals surface area contributed by atoms with Crippen molar-refractivity contribution in [1.82, 2.24) is 9.21 Å². The average molecular weight is 357 g/mol. The lowest BCUT2D eigenvalue weighted by atomic mass is 10.1. The molecule has 0 atom stereocenters. The van der Waals surface area contributed by atoms with Crippen molar-refractivity contribution in [1.29, 1.82) is 0 Å². The number of sulfonamides is 1. The van der Waals surface area contributed by atoms with Crippen LogP contribution in [0.2, 0.25) is 0 Å². The van der Waals surface area contributed by atoms with Gasteiger partial charge in [0.15, 0.2) is 0 Å². The zero-order valence-electron chi connectivity index (χ0n) is 12.8. The van der Waals surface area contributed by atoms with Crippen molar-refractivity contribution < 1.29 is 13.5 Å². The number of aliphatic hydroxyl groups excluding tert-OH is 1. The van der Waals surface area contributed by atoms with Crippen LogP contribution < -0.4 is 0 Å². The van der Waals surface area contributed by atoms with Crippen molar-refractivity contribution in [2.75, 3.05) is 39.3 Å². The SMILES string of the molecule is Cl.O=S(=O)(c1ccc2ccccc2c1)N1CCN(CCO)CC1. The molecule has 23 heavy (non-hydrogen) atoms. The molecule has 0 radical (unpaired) electrons. The van der Waals surface area contributed by atoms with Gasteiger partial charge in [0.05, 0.1) is 11.5 Å². The molecule has 1 aliphatic rings. The predicted octanol–water partition coefficient (Wildman–Crippen LogP) is 1.56. The van der Waals surface area contributed by atoms with Crippen LogP contribution in [0.3, 0.4) is 0 Å². The van der Waals surface area contributed by atoms with E-state index in [4.69, 9.17) is 5.11 Å². The van der Waals surface area contributed by atoms with Gasteiger partial charge in [0, 0.05) is 32.7 Å². The van der Waals surface area contributed by atoms with Crippen LogP contribution in [0.25, 0.3) is 10.8 Å². The van der Waals surface area contributed by atoms with Crippen molar-refractivity contribution in [3.63, 3.8) is 0 Å². The standard InChI is InChI=1S/C16H20N2O3S.ClH/c19-12-11-17-7-9-18(10-8-17)22(20,21)16-6-5-14-3-1-2-4-15(14)13-16;/h1-6,13,19H,7-12H2;1H. The summed E-state index contributed by atoms with van der Waals surface area (Å²) in [5.41, 5.74) is 0. The molecule has 1 saturated heterocycles. The van der Waals surface area contributed by atoms with E-state index in [9.17, 15) is 8.42 Å². The number of β-amino-alcohol motifs (C(OH)–C–C–N with tert-alkyl or cyclic N) is 1. The van der Waals surface area contributed by atoms with Crippen molar-refractivity contribution in [2.24, 2.45) is 0 Å². The Bertz CT molecular complexity index is 759. The third kappa shape index (κ3) is 3.84. The number of hydrogen-bond donors (Lipinski definition) is 1. The van der Waals surface area contributed by atoms with E-state index < -0.39 is 10.0 Å². The summed E-state index contributed by atoms with van der Waals surface area (Å²) >= 11 is 0. The Hall–Kier alpha value is -1.18. The molecule has 0 bridgehead atoms. The van der Waals surface area contributed by atoms with Gasteiger partial charge < -0.3 is 5.11 Å². The van der Waals surface area contributed by atoms with Gasteiger partial charge in [-0.2, -0.15) is 4.31 Å². The lowest BCUT2D eigenvalue weighted by molar-refractivity contribution is 0.151. The first kappa shape index (κ1) is 18.2. The highest BCUT2D eigenvalue weighted by atomic mass is 35.5. The number of aliphatic hydroxyl groups is 1. The molecule has 126 valence electrons. The van der Waals surface area contributed by atoms with E-state index in [0.717, 1.165) is 10.8 Å². The largest absolute Gasteiger partial charge is 0.395 e. The Morgan fingerprint density at radius 1 is 0.957 bits per heavy atom. The van der Waals surface area contributed by atoms with E-state index in [1.54, 1.807) is 12.1 Å². The molecular formula is C16H21ClN2O3S. The minimum atomic E-state index is -3.45. The average Bonchev–Trinajstić information content (AvgIpc) is 2.55. The molecule has 3 rings (SSSR count). The second-order valence-electron chi connectivity index (χ2n) is 5.48. The summed E-state index contributed by atoms with van der Waals surface area (Å²) in [5.74, 6) is 0. The fraction of sp³-hybridized carbons (Fsp3) is 0.375. The lowest BCUT2D eigenvalue weighted by Gasteiger charge is -2.33. The number of benzene rings is 2. The number of rotatable bonds is 4. The molecule has 1 fully saturated rings. The Balaban J connectivity index is 0.00000192. The van der Waals surface area contributed by atoms with Gasteiger partial charge in [-0.3, -0.25) is 4.90 Å². The summed E-state index contributed by atoms with van der Waals surface area (Å²) in [7, 11) is -3.45. The van der Waals surface area contributed by atoms with Crippen molar-refractivity contribution in [3.05, 3.63) is 42.5 Å². The molecule has 0 amide bonds. The minimum absolute atomic E-state index is 0. The van der Waals surface area contributed by atoms with Crippen molar-refractivity contribution in [2.45, 2.75) is 4.90 Å². The van der Waals surface area contributed by atoms with E-state index in [0.29, 0.717) is 37.6 Å². The molecule has 0 spiro atoms. The van der Waals surface area contributed by atoms with E-state index in [1.807, 2.05) is 30.3 Å². The van der Waals surface area contributed by atoms with E-state index in [1.165, 1.54) is 4.31 Å². The van der Waals surface area contributed by atoms with Crippen LogP contribution in [0.15, 0.2) is 47.4 Å². The Labute approximate surface area is 143 Å². The van der Waals surface area contributed by atoms with Crippen LogP contribution in [0.5, 0.6) is 0 Å². The second-order valence-corrected chi connectivity index (χ2v) is 7.42. The Morgan fingerprint density at radius 3 is 2.26 bits per heavy atom. The van der Waals surface area contributed by atoms with Gasteiger partial charge in [-0.1, -0.05) is 30.3 Å². The molecule has 2 aromatic rings. The summed E-state index contributed by atoms with van der Waals surface area (Å²) in [4.78, 5) is 2.42. The number of piperazine rings is 1. The van der Waals surface area contributed by atoms with Crippen LogP contribution in [0.1, 0.15) is 0 Å². The van der Waals surface area contributed by atoms with Gasteiger partial charge in [0.1, 0.15) is 0 Å². The second kappa shape index (κ2) is 7.59. The topological polar surface area (TPSA) is 60.9 Å². The number of halogens is 1. The zero-order valence-corrected chi connectivity index (χ0v) is 14.4. The molecule has 1 heterocycles. The van der Waals surface area contributed by atoms with Crippen LogP contribution in [0, 0.1) is 0 Å². The Morgan fingerprint density at radius 2 is 1.61 bits per heavy atom. The summed E-state index contributed by atoms with van der Waals surface area (Å²) in [6, 6.07) is 13.0. The summed E-state index contributed by atoms with van der Waals surface area (Å²) in [6.45, 7) is 2.96. The predicted molar refractivity (Wildman–Crippen MR) is 93.5 cm³/mol. The number of hydrogen-bond acceptors (Lipinski definition) is 4. The van der Waals surface area contributed by atoms with Crippen LogP contribution in [-0.2, 0) is 10.0 Å². The smallest absolute Gasteiger partial charge is 0.243 e. The first-order valence-corrected chi connectivity index (χ1v) is 8.87. The van der Waals surface area contributed by atoms with Gasteiger partial charge in [0.25, 0.3) is 0 Å². The molecule has 0 aromatic heterocycles. The highest BCUT2D eigenvalue weighted by Crippen LogP contribution is 2.22. The van der Waals surface area contributed by atoms with E-state index in [2.05, 4.69) is 4.90 Å². The van der Waals surface area contributed by atoms with E-state index >= 15 is 0 Å². The minimum Gasteiger partial charge on any atom is -0.395 e. The van der Waals surface area contributed by atoms with Gasteiger partial charge in [-0.15, -0.1) is 12.4 Å². The molecule has 0 saturated carbocycles. The summed E-state index contributed by atoms with van der Waals surface area (Å²) < 4.78 is 27.0. The summed E-state index contributed by atoms with van der Waals surface area (Å²) in [6.07, 6.45) is 0. The van der Waals surface area contributed by atoms with Gasteiger partial charge >= 0.3 is 0 Å². The zero-order chi connectivity index (χ0) is 15.6. The number of fused-ring (bicyclic) bond motifs is 1. The van der Waals surface area contributed by atoms with Crippen molar-refractivity contribution >= 4 is 33.2 Å². The van der Waals surface area contributed by atoms with Gasteiger partial charge in [-0.05, 0) is 22.9 Å². The van der Waals surface area contributed by atoms with Crippen LogP contribution >= 0.6 is 12.4 Å². The molecule has 2 aromatic carbocycles. The monoisotopic (exact) mass is 356 g/mol. The third-order valence-corrected chi connectivity index (χ3v) is 6.00. The van der Waals surface area contributed by atoms with E-state index in [-0.39, 0.29) is 19.0 Å². The highest BCUT2D eigenvalue weighted by Gasteiger charge is 2.28. The van der Waals surface area contributed by atoms with Crippen LogP contribution in [-0.4, -0.2) is 62.1 Å². The first-order chi connectivity index (χ1) is 10.6. The maximum Gasteiger partial charge on any atom is 0.243 e. The highest BCUT2D eigenvalue weighted by molar-refractivity contribution is 7.89. The van der Waals surface area contributed by atoms with Gasteiger partial charge in [-0.25, -0.2) is 8.42 Å². The third-order valence-electron chi connectivity index (χ3n) is 4.11. The maximum absolute atomic E-state index is 12.8. The lowest BCUT2D eigenvalue weighted by Crippen LogP contribution is -2.49. The summed E-state index contributed by atoms with van der Waals surface area (Å²) in [5, 5.41) is 10.9. The van der Waals surface area contributed by atoms with Crippen molar-refractivity contribution in [3.8, 4) is 0 Å². The molecule has 5 nitrogen and oxygen atoms in total. The molecule has 0 unspecified atom stereocenters. The maximum atomic E-state index is 12.8. The fourth-order valence-corrected chi connectivity index (χ4v) is 4.27. The number of nitrogens with zero attached hydrogens (tertiary/aromatic N) is 2. The first-order valence-electron chi connectivity index (χ1n) is 7.43. The normalized spacial score (nSPS) is 17.1. The van der Waals surface area contributed by atoms with Gasteiger partial charge in [0.2, 0.25) is 10.0 Å². The fourth-order valence-electron chi connectivity index (χ4n) is 2.81. The molecular weight excluding hydrogens is 336 g/mol. The quantitative estimate of drug-likeness (QED) is 0.903.